The molecule has 2 nitrogen and oxygen atoms in total. The smallest absolute Gasteiger partial charge is 0.109 e. The summed E-state index contributed by atoms with van der Waals surface area (Å²) in [6, 6.07) is 20.5. The van der Waals surface area contributed by atoms with Gasteiger partial charge in [0.1, 0.15) is 7.14 Å². The molecule has 0 bridgehead atoms. The van der Waals surface area contributed by atoms with E-state index in [-0.39, 0.29) is 0 Å². The molecular formula is C19H26NOP. The molecule has 0 heterocycles. The van der Waals surface area contributed by atoms with Gasteiger partial charge in [0.25, 0.3) is 0 Å². The maximum atomic E-state index is 13.6. The lowest BCUT2D eigenvalue weighted by Gasteiger charge is -2.26. The molecule has 0 aromatic heterocycles. The quantitative estimate of drug-likeness (QED) is 0.635. The van der Waals surface area contributed by atoms with E-state index in [4.69, 9.17) is 0 Å². The van der Waals surface area contributed by atoms with E-state index >= 15 is 0 Å². The number of hydrogen-bond donors (Lipinski definition) is 0. The molecular weight excluding hydrogens is 289 g/mol. The zero-order chi connectivity index (χ0) is 15.8. The van der Waals surface area contributed by atoms with Crippen LogP contribution in [0, 0.1) is 0 Å². The average molecular weight is 315 g/mol. The lowest BCUT2D eigenvalue weighted by molar-refractivity contribution is 0.347. The normalized spacial score (nSPS) is 11.8. The monoisotopic (exact) mass is 315 g/mol. The Morgan fingerprint density at radius 2 is 1.18 bits per heavy atom. The van der Waals surface area contributed by atoms with Crippen molar-refractivity contribution in [2.45, 2.75) is 26.2 Å². The highest BCUT2D eigenvalue weighted by Gasteiger charge is 2.25. The number of hydrogen-bond acceptors (Lipinski definition) is 2. The van der Waals surface area contributed by atoms with Crippen molar-refractivity contribution >= 4 is 7.14 Å². The Kier molecular flexibility index (Phi) is 6.42. The summed E-state index contributed by atoms with van der Waals surface area (Å²) >= 11 is 0. The van der Waals surface area contributed by atoms with E-state index in [2.05, 4.69) is 43.0 Å². The second kappa shape index (κ2) is 8.31. The van der Waals surface area contributed by atoms with E-state index in [0.29, 0.717) is 18.6 Å². The first kappa shape index (κ1) is 17.0. The molecule has 0 amide bonds. The van der Waals surface area contributed by atoms with Crippen molar-refractivity contribution in [1.29, 1.82) is 0 Å². The summed E-state index contributed by atoms with van der Waals surface area (Å²) in [5.41, 5.74) is 2.35. The molecule has 0 aliphatic rings. The molecule has 0 radical (unpaired) electrons. The Balaban J connectivity index is 2.21. The molecule has 2 rings (SSSR count). The largest absolute Gasteiger partial charge is 0.322 e. The molecule has 22 heavy (non-hydrogen) atoms. The Morgan fingerprint density at radius 3 is 1.55 bits per heavy atom. The summed E-state index contributed by atoms with van der Waals surface area (Å²) in [7, 11) is -2.33. The van der Waals surface area contributed by atoms with Crippen LogP contribution in [0.4, 0.5) is 0 Å². The molecule has 2 aromatic rings. The fourth-order valence-corrected chi connectivity index (χ4v) is 5.97. The second-order valence-corrected chi connectivity index (χ2v) is 8.82. The lowest BCUT2D eigenvalue weighted by atomic mass is 10.2. The SMILES string of the molecule is CCN(CC)CP(=O)(Cc1ccccc1)Cc1ccccc1. The third kappa shape index (κ3) is 5.12. The molecule has 2 aromatic carbocycles. The van der Waals surface area contributed by atoms with Crippen molar-refractivity contribution in [3.05, 3.63) is 71.8 Å². The Labute approximate surface area is 134 Å². The fourth-order valence-electron chi connectivity index (χ4n) is 2.78. The molecule has 0 N–H and O–H groups in total. The summed E-state index contributed by atoms with van der Waals surface area (Å²) in [4.78, 5) is 2.28. The van der Waals surface area contributed by atoms with E-state index in [0.717, 1.165) is 13.1 Å². The van der Waals surface area contributed by atoms with E-state index < -0.39 is 7.14 Å². The van der Waals surface area contributed by atoms with E-state index in [1.54, 1.807) is 0 Å². The van der Waals surface area contributed by atoms with Crippen LogP contribution in [0.15, 0.2) is 60.7 Å². The first-order chi connectivity index (χ1) is 10.6. The van der Waals surface area contributed by atoms with Gasteiger partial charge in [-0.1, -0.05) is 74.5 Å². The summed E-state index contributed by atoms with van der Waals surface area (Å²) in [5.74, 6) is 0. The van der Waals surface area contributed by atoms with Gasteiger partial charge in [-0.15, -0.1) is 0 Å². The first-order valence-corrected chi connectivity index (χ1v) is 10.3. The van der Waals surface area contributed by atoms with Gasteiger partial charge in [-0.2, -0.15) is 0 Å². The van der Waals surface area contributed by atoms with Gasteiger partial charge in [-0.3, -0.25) is 4.90 Å². The zero-order valence-electron chi connectivity index (χ0n) is 13.6. The summed E-state index contributed by atoms with van der Waals surface area (Å²) in [6.07, 6.45) is 2.06. The Hall–Kier alpha value is -1.37. The molecule has 0 saturated heterocycles. The van der Waals surface area contributed by atoms with Gasteiger partial charge >= 0.3 is 0 Å². The molecule has 0 saturated carbocycles. The van der Waals surface area contributed by atoms with E-state index in [1.807, 2.05) is 36.4 Å². The van der Waals surface area contributed by atoms with Crippen LogP contribution in [-0.4, -0.2) is 24.3 Å². The van der Waals surface area contributed by atoms with Crippen molar-refractivity contribution in [1.82, 2.24) is 4.90 Å². The van der Waals surface area contributed by atoms with E-state index in [9.17, 15) is 4.57 Å². The third-order valence-corrected chi connectivity index (χ3v) is 6.78. The van der Waals surface area contributed by atoms with Crippen molar-refractivity contribution in [3.8, 4) is 0 Å². The van der Waals surface area contributed by atoms with E-state index in [1.165, 1.54) is 11.1 Å². The first-order valence-electron chi connectivity index (χ1n) is 8.02. The van der Waals surface area contributed by atoms with Crippen molar-refractivity contribution in [2.75, 3.05) is 19.4 Å². The van der Waals surface area contributed by atoms with Gasteiger partial charge in [-0.05, 0) is 24.2 Å². The van der Waals surface area contributed by atoms with Gasteiger partial charge in [0.2, 0.25) is 0 Å². The third-order valence-electron chi connectivity index (χ3n) is 3.98. The number of benzene rings is 2. The Bertz CT molecular complexity index is 548. The molecule has 0 aliphatic carbocycles. The predicted octanol–water partition coefficient (Wildman–Crippen LogP) is 5.05. The number of rotatable bonds is 8. The van der Waals surface area contributed by atoms with Crippen molar-refractivity contribution in [2.24, 2.45) is 0 Å². The van der Waals surface area contributed by atoms with Crippen LogP contribution in [-0.2, 0) is 16.9 Å². The predicted molar refractivity (Wildman–Crippen MR) is 95.7 cm³/mol. The van der Waals surface area contributed by atoms with Crippen LogP contribution in [0.5, 0.6) is 0 Å². The molecule has 0 atom stereocenters. The van der Waals surface area contributed by atoms with Gasteiger partial charge in [0.15, 0.2) is 0 Å². The standard InChI is InChI=1S/C19H26NOP/c1-3-20(4-2)17-22(21,15-18-11-7-5-8-12-18)16-19-13-9-6-10-14-19/h5-14H,3-4,15-17H2,1-2H3. The van der Waals surface area contributed by atoms with Crippen LogP contribution in [0.3, 0.4) is 0 Å². The molecule has 0 fully saturated rings. The minimum absolute atomic E-state index is 0.680. The van der Waals surface area contributed by atoms with Gasteiger partial charge in [0, 0.05) is 12.3 Å². The van der Waals surface area contributed by atoms with Crippen LogP contribution in [0.1, 0.15) is 25.0 Å². The van der Waals surface area contributed by atoms with Crippen LogP contribution in [0.25, 0.3) is 0 Å². The fraction of sp³-hybridized carbons (Fsp3) is 0.368. The zero-order valence-corrected chi connectivity index (χ0v) is 14.5. The Morgan fingerprint density at radius 1 is 0.773 bits per heavy atom. The van der Waals surface area contributed by atoms with Gasteiger partial charge in [0.05, 0.1) is 6.29 Å². The van der Waals surface area contributed by atoms with Crippen LogP contribution < -0.4 is 0 Å². The van der Waals surface area contributed by atoms with Crippen molar-refractivity contribution in [3.63, 3.8) is 0 Å². The van der Waals surface area contributed by atoms with Crippen LogP contribution >= 0.6 is 7.14 Å². The summed E-state index contributed by atoms with van der Waals surface area (Å²) in [6.45, 7) is 6.17. The van der Waals surface area contributed by atoms with Gasteiger partial charge in [-0.25, -0.2) is 0 Å². The molecule has 0 unspecified atom stereocenters. The maximum Gasteiger partial charge on any atom is 0.109 e. The minimum Gasteiger partial charge on any atom is -0.322 e. The summed E-state index contributed by atoms with van der Waals surface area (Å²) < 4.78 is 13.6. The molecule has 118 valence electrons. The van der Waals surface area contributed by atoms with Crippen LogP contribution in [0.2, 0.25) is 0 Å². The summed E-state index contributed by atoms with van der Waals surface area (Å²) in [5, 5.41) is 0. The molecule has 0 spiro atoms. The van der Waals surface area contributed by atoms with Crippen molar-refractivity contribution < 1.29 is 4.57 Å². The molecule has 3 heteroatoms. The second-order valence-electron chi connectivity index (χ2n) is 5.79. The highest BCUT2D eigenvalue weighted by atomic mass is 31.2. The van der Waals surface area contributed by atoms with Gasteiger partial charge < -0.3 is 4.57 Å². The highest BCUT2D eigenvalue weighted by Crippen LogP contribution is 2.52. The molecule has 0 aliphatic heterocycles. The minimum atomic E-state index is -2.33. The maximum absolute atomic E-state index is 13.6. The average Bonchev–Trinajstić information content (AvgIpc) is 2.54. The number of nitrogens with zero attached hydrogens (tertiary/aromatic N) is 1. The lowest BCUT2D eigenvalue weighted by Crippen LogP contribution is -2.25. The highest BCUT2D eigenvalue weighted by molar-refractivity contribution is 7.62. The topological polar surface area (TPSA) is 20.3 Å².